The standard InChI is InChI=1S/C18H18ClFN4O2/c1-11-5-21-6-15(22-11)23-17-8-18(9-17,10-17)24-16(25)7-26-12-2-3-13(19)14(20)4-12/h2-6H,7-10H2,1H3,(H,22,23)(H,24,25). The predicted octanol–water partition coefficient (Wildman–Crippen LogP) is 2.86. The van der Waals surface area contributed by atoms with Crippen molar-refractivity contribution in [3.05, 3.63) is 47.1 Å². The first-order valence-corrected chi connectivity index (χ1v) is 8.71. The zero-order valence-electron chi connectivity index (χ0n) is 14.2. The summed E-state index contributed by atoms with van der Waals surface area (Å²) in [4.78, 5) is 20.6. The summed E-state index contributed by atoms with van der Waals surface area (Å²) < 4.78 is 18.7. The molecule has 0 radical (unpaired) electrons. The maximum Gasteiger partial charge on any atom is 0.258 e. The van der Waals surface area contributed by atoms with Gasteiger partial charge in [-0.15, -0.1) is 0 Å². The second-order valence-electron chi connectivity index (χ2n) is 7.17. The van der Waals surface area contributed by atoms with Crippen LogP contribution in [0.1, 0.15) is 25.0 Å². The van der Waals surface area contributed by atoms with Gasteiger partial charge in [0.05, 0.1) is 16.9 Å². The molecule has 8 heteroatoms. The van der Waals surface area contributed by atoms with E-state index in [1.807, 2.05) is 6.92 Å². The molecule has 6 nitrogen and oxygen atoms in total. The molecule has 2 bridgehead atoms. The Morgan fingerprint density at radius 3 is 2.77 bits per heavy atom. The van der Waals surface area contributed by atoms with Gasteiger partial charge in [-0.2, -0.15) is 0 Å². The minimum Gasteiger partial charge on any atom is -0.484 e. The van der Waals surface area contributed by atoms with Crippen molar-refractivity contribution < 1.29 is 13.9 Å². The van der Waals surface area contributed by atoms with Gasteiger partial charge in [-0.25, -0.2) is 9.37 Å². The second-order valence-corrected chi connectivity index (χ2v) is 7.58. The Bertz CT molecular complexity index is 856. The fraction of sp³-hybridized carbons (Fsp3) is 0.389. The summed E-state index contributed by atoms with van der Waals surface area (Å²) in [5, 5.41) is 6.46. The molecule has 3 aliphatic carbocycles. The first kappa shape index (κ1) is 17.0. The van der Waals surface area contributed by atoms with Crippen molar-refractivity contribution in [1.29, 1.82) is 0 Å². The van der Waals surface area contributed by atoms with Crippen LogP contribution in [0.15, 0.2) is 30.6 Å². The van der Waals surface area contributed by atoms with Gasteiger partial charge in [-0.3, -0.25) is 9.78 Å². The number of aromatic nitrogens is 2. The van der Waals surface area contributed by atoms with Gasteiger partial charge in [0.15, 0.2) is 6.61 Å². The Morgan fingerprint density at radius 2 is 2.08 bits per heavy atom. The van der Waals surface area contributed by atoms with Crippen LogP contribution in [0.5, 0.6) is 5.75 Å². The predicted molar refractivity (Wildman–Crippen MR) is 94.8 cm³/mol. The average molecular weight is 377 g/mol. The number of benzene rings is 1. The summed E-state index contributed by atoms with van der Waals surface area (Å²) in [5.41, 5.74) is 0.687. The molecule has 0 aliphatic heterocycles. The van der Waals surface area contributed by atoms with E-state index < -0.39 is 5.82 Å². The summed E-state index contributed by atoms with van der Waals surface area (Å²) in [7, 11) is 0. The maximum atomic E-state index is 13.4. The van der Waals surface area contributed by atoms with E-state index in [2.05, 4.69) is 20.6 Å². The topological polar surface area (TPSA) is 76.1 Å². The molecule has 2 N–H and O–H groups in total. The van der Waals surface area contributed by atoms with Crippen molar-refractivity contribution in [2.45, 2.75) is 37.3 Å². The molecular weight excluding hydrogens is 359 g/mol. The summed E-state index contributed by atoms with van der Waals surface area (Å²) in [5.74, 6) is 0.244. The highest BCUT2D eigenvalue weighted by Gasteiger charge is 2.68. The van der Waals surface area contributed by atoms with Gasteiger partial charge in [0, 0.05) is 23.3 Å². The van der Waals surface area contributed by atoms with Crippen molar-refractivity contribution >= 4 is 23.3 Å². The number of nitrogens with one attached hydrogen (secondary N) is 2. The molecule has 136 valence electrons. The number of nitrogens with zero attached hydrogens (tertiary/aromatic N) is 2. The van der Waals surface area contributed by atoms with Crippen LogP contribution in [0.25, 0.3) is 0 Å². The molecule has 0 spiro atoms. The number of hydrogen-bond acceptors (Lipinski definition) is 5. The number of amides is 1. The van der Waals surface area contributed by atoms with E-state index in [1.54, 1.807) is 12.4 Å². The van der Waals surface area contributed by atoms with Crippen molar-refractivity contribution in [2.75, 3.05) is 11.9 Å². The molecule has 0 unspecified atom stereocenters. The highest BCUT2D eigenvalue weighted by Crippen LogP contribution is 2.61. The number of rotatable bonds is 6. The number of ether oxygens (including phenoxy) is 1. The fourth-order valence-electron chi connectivity index (χ4n) is 3.90. The van der Waals surface area contributed by atoms with Gasteiger partial charge in [0.2, 0.25) is 0 Å². The molecule has 1 amide bonds. The maximum absolute atomic E-state index is 13.4. The third-order valence-electron chi connectivity index (χ3n) is 4.84. The lowest BCUT2D eigenvalue weighted by Crippen LogP contribution is -2.81. The lowest BCUT2D eigenvalue weighted by Gasteiger charge is -2.70. The van der Waals surface area contributed by atoms with Crippen LogP contribution in [-0.2, 0) is 4.79 Å². The third-order valence-corrected chi connectivity index (χ3v) is 5.15. The number of halogens is 2. The smallest absolute Gasteiger partial charge is 0.258 e. The molecular formula is C18H18ClFN4O2. The van der Waals surface area contributed by atoms with Crippen LogP contribution >= 0.6 is 11.6 Å². The first-order valence-electron chi connectivity index (χ1n) is 8.33. The number of aryl methyl sites for hydroxylation is 1. The van der Waals surface area contributed by atoms with Crippen LogP contribution in [0.2, 0.25) is 5.02 Å². The summed E-state index contributed by atoms with van der Waals surface area (Å²) in [6, 6.07) is 4.09. The van der Waals surface area contributed by atoms with Crippen molar-refractivity contribution in [2.24, 2.45) is 0 Å². The summed E-state index contributed by atoms with van der Waals surface area (Å²) in [6.07, 6.45) is 5.95. The normalized spacial score (nSPS) is 25.7. The fourth-order valence-corrected chi connectivity index (χ4v) is 4.01. The average Bonchev–Trinajstić information content (AvgIpc) is 2.53. The van der Waals surface area contributed by atoms with Gasteiger partial charge in [0.1, 0.15) is 17.4 Å². The molecule has 3 fully saturated rings. The molecule has 0 saturated heterocycles. The molecule has 2 aromatic rings. The Kier molecular flexibility index (Phi) is 3.99. The molecule has 1 heterocycles. The van der Waals surface area contributed by atoms with Crippen LogP contribution in [0.4, 0.5) is 10.2 Å². The zero-order chi connectivity index (χ0) is 18.4. The molecule has 1 aromatic heterocycles. The molecule has 26 heavy (non-hydrogen) atoms. The highest BCUT2D eigenvalue weighted by atomic mass is 35.5. The van der Waals surface area contributed by atoms with Gasteiger partial charge < -0.3 is 15.4 Å². The monoisotopic (exact) mass is 376 g/mol. The van der Waals surface area contributed by atoms with Crippen molar-refractivity contribution in [3.8, 4) is 5.75 Å². The highest BCUT2D eigenvalue weighted by molar-refractivity contribution is 6.30. The quantitative estimate of drug-likeness (QED) is 0.810. The third kappa shape index (κ3) is 3.19. The van der Waals surface area contributed by atoms with Crippen LogP contribution < -0.4 is 15.4 Å². The van der Waals surface area contributed by atoms with Crippen LogP contribution in [0.3, 0.4) is 0 Å². The van der Waals surface area contributed by atoms with Gasteiger partial charge in [-0.1, -0.05) is 11.6 Å². The second kappa shape index (κ2) is 6.09. The lowest BCUT2D eigenvalue weighted by atomic mass is 9.44. The summed E-state index contributed by atoms with van der Waals surface area (Å²) in [6.45, 7) is 1.74. The molecule has 0 atom stereocenters. The number of carbonyl (C=O) groups is 1. The molecule has 3 aliphatic rings. The van der Waals surface area contributed by atoms with Gasteiger partial charge in [0.25, 0.3) is 5.91 Å². The molecule has 1 aromatic carbocycles. The minimum atomic E-state index is -0.573. The molecule has 3 saturated carbocycles. The van der Waals surface area contributed by atoms with E-state index in [-0.39, 0.29) is 34.4 Å². The van der Waals surface area contributed by atoms with Gasteiger partial charge >= 0.3 is 0 Å². The Labute approximate surface area is 155 Å². The van der Waals surface area contributed by atoms with E-state index in [1.165, 1.54) is 18.2 Å². The Balaban J connectivity index is 1.25. The Hall–Kier alpha value is -2.41. The van der Waals surface area contributed by atoms with Crippen LogP contribution in [-0.4, -0.2) is 33.6 Å². The van der Waals surface area contributed by atoms with E-state index in [9.17, 15) is 9.18 Å². The van der Waals surface area contributed by atoms with E-state index in [0.29, 0.717) is 0 Å². The number of hydrogen-bond donors (Lipinski definition) is 2. The number of anilines is 1. The molecule has 5 rings (SSSR count). The largest absolute Gasteiger partial charge is 0.484 e. The van der Waals surface area contributed by atoms with E-state index in [0.717, 1.165) is 30.8 Å². The van der Waals surface area contributed by atoms with E-state index >= 15 is 0 Å². The van der Waals surface area contributed by atoms with Crippen molar-refractivity contribution in [1.82, 2.24) is 15.3 Å². The SMILES string of the molecule is Cc1cncc(NC23CC(NC(=O)COc4ccc(Cl)c(F)c4)(C2)C3)n1. The first-order chi connectivity index (χ1) is 12.4. The minimum absolute atomic E-state index is 0.00405. The van der Waals surface area contributed by atoms with Crippen LogP contribution in [0, 0.1) is 12.7 Å². The zero-order valence-corrected chi connectivity index (χ0v) is 14.9. The number of carbonyl (C=O) groups excluding carboxylic acids is 1. The Morgan fingerprint density at radius 1 is 1.31 bits per heavy atom. The van der Waals surface area contributed by atoms with Crippen molar-refractivity contribution in [3.63, 3.8) is 0 Å². The van der Waals surface area contributed by atoms with E-state index in [4.69, 9.17) is 16.3 Å². The summed E-state index contributed by atoms with van der Waals surface area (Å²) >= 11 is 5.62. The van der Waals surface area contributed by atoms with Gasteiger partial charge in [-0.05, 0) is 38.3 Å². The lowest BCUT2D eigenvalue weighted by molar-refractivity contribution is -0.135.